The number of primary amides is 1. The Morgan fingerprint density at radius 1 is 0.590 bits per heavy atom. The van der Waals surface area contributed by atoms with Gasteiger partial charge in [-0.3, -0.25) is 71.9 Å². The molecule has 13 amide bonds. The van der Waals surface area contributed by atoms with Gasteiger partial charge in [-0.15, -0.1) is 0 Å². The zero-order chi connectivity index (χ0) is 89.0. The summed E-state index contributed by atoms with van der Waals surface area (Å²) in [6.07, 6.45) is 2.98. The Kier molecular flexibility index (Phi) is 36.9. The minimum Gasteiger partial charge on any atom is -0.508 e. The number of likely N-dealkylation sites (tertiary alicyclic amines) is 1. The van der Waals surface area contributed by atoms with Gasteiger partial charge in [0.1, 0.15) is 78.3 Å². The van der Waals surface area contributed by atoms with Crippen LogP contribution in [0.3, 0.4) is 0 Å². The number of carbonyl (C=O) groups excluding carboxylic acids is 13. The summed E-state index contributed by atoms with van der Waals surface area (Å²) in [6.45, 7) is 12.0. The zero-order valence-electron chi connectivity index (χ0n) is 69.6. The number of benzene rings is 4. The van der Waals surface area contributed by atoms with E-state index in [1.165, 1.54) is 71.4 Å². The Hall–Kier alpha value is -11.2. The van der Waals surface area contributed by atoms with Crippen LogP contribution in [0.4, 0.5) is 0 Å². The number of nitrogens with one attached hydrogen (secondary N) is 13. The number of nitrogens with two attached hydrogens (primary N) is 2. The average Bonchev–Trinajstić information content (AvgIpc) is 1.64. The highest BCUT2D eigenvalue weighted by Crippen LogP contribution is 2.27. The molecule has 1 saturated heterocycles. The molecule has 1 fully saturated rings. The number of hydrogen-bond donors (Lipinski definition) is 18. The van der Waals surface area contributed by atoms with Gasteiger partial charge in [0.25, 0.3) is 0 Å². The number of phenols is 1. The molecule has 2 aliphatic rings. The van der Waals surface area contributed by atoms with Crippen LogP contribution >= 0.6 is 35.3 Å². The predicted octanol–water partition coefficient (Wildman–Crippen LogP) is 2.95. The van der Waals surface area contributed by atoms with Gasteiger partial charge in [-0.2, -0.15) is 35.3 Å². The third kappa shape index (κ3) is 28.7. The van der Waals surface area contributed by atoms with E-state index in [4.69, 9.17) is 11.5 Å². The summed E-state index contributed by atoms with van der Waals surface area (Å²) in [5.74, 6) is -14.0. The van der Waals surface area contributed by atoms with Crippen LogP contribution in [0.15, 0.2) is 109 Å². The van der Waals surface area contributed by atoms with Gasteiger partial charge in [0.05, 0.1) is 12.5 Å². The first-order valence-corrected chi connectivity index (χ1v) is 44.5. The number of para-hydroxylation sites is 2. The van der Waals surface area contributed by atoms with Gasteiger partial charge in [-0.05, 0) is 127 Å². The summed E-state index contributed by atoms with van der Waals surface area (Å²) in [5, 5.41) is 61.3. The maximum absolute atomic E-state index is 15.7. The molecule has 14 atom stereocenters. The molecular weight excluding hydrogens is 1630 g/mol. The highest BCUT2D eigenvalue weighted by Gasteiger charge is 2.43. The Morgan fingerprint density at radius 2 is 1.16 bits per heavy atom. The van der Waals surface area contributed by atoms with Crippen molar-refractivity contribution < 1.29 is 87.2 Å². The first-order chi connectivity index (χ1) is 58.1. The van der Waals surface area contributed by atoms with Crippen LogP contribution in [0.2, 0.25) is 0 Å². The molecule has 34 nitrogen and oxygen atoms in total. The smallest absolute Gasteiger partial charge is 0.305 e. The van der Waals surface area contributed by atoms with Crippen LogP contribution in [0.1, 0.15) is 134 Å². The number of H-pyrrole nitrogens is 2. The second-order valence-corrected chi connectivity index (χ2v) is 34.8. The molecule has 2 aliphatic heterocycles. The molecule has 8 rings (SSSR count). The normalized spacial score (nSPS) is 19.6. The molecule has 2 bridgehead atoms. The predicted molar refractivity (Wildman–Crippen MR) is 464 cm³/mol. The standard InChI is InChI=1S/C85H114N16O18S3/c1-9-47(6)72-84(118)98-67(73(87)107)43-121-41-50-16-14-17-51(34-50)42-122-44-68(82(116)90-48(7)74(108)92-62(33-46(4)5)81(115)100-72)99-77(111)61(32-45(2)3)94-76(110)60(27-28-70(103)104)91-83(117)69-22-15-30-101(69)85(119)66(37-53-40-89-59-21-13-11-19-56(53)59)97-79(113)64(36-52-39-88-58-20-12-10-18-55(52)58)95-80(114)65(38-71(105)106)96-78(112)63(35-49-23-25-54(102)26-24-49)93-75(109)57(86)29-31-120-8/h10-14,16-21,23-26,34,39-40,45-48,57,60-69,72,88-89,102H,9,15,22,27-33,35-38,41-44,86H2,1-8H3,(H2,87,107)(H,90,116)(H,91,117)(H,92,108)(H,93,109)(H,94,110)(H,95,114)(H,96,112)(H,97,113)(H,98,118)(H,99,111)(H,100,115)(H,103,104)(H,105,106)/t47-,48-,57-,60+,61-,62-,63-,64-,65-,66-,67-,68-,69-,72-/m0/s1. The van der Waals surface area contributed by atoms with Gasteiger partial charge < -0.3 is 100 Å². The SMILES string of the molecule is CC[C@H](C)[C@@H]1NC(=O)[C@H](CC(C)C)NC(=O)[C@H](C)NC(=O)[C@@H](NC(=O)[C@H](CC(C)C)NC(=O)[C@@H](CCC(=O)O)NC(=O)[C@@H]2CCCN2C(=O)[C@H](Cc2c[nH]c3ccccc23)NC(=O)[C@H](Cc2c[nH]c3ccccc23)NC(=O)[C@H](CC(=O)O)NC(=O)[C@H](Cc2ccc(O)cc2)NC(=O)[C@@H](N)CCSC)CSCc2cccc(c2)CSC[C@@H](C(N)=O)NC1=O. The molecule has 122 heavy (non-hydrogen) atoms. The van der Waals surface area contributed by atoms with E-state index in [0.717, 1.165) is 11.1 Å². The number of carboxylic acids is 2. The van der Waals surface area contributed by atoms with Crippen LogP contribution in [0.5, 0.6) is 5.75 Å². The van der Waals surface area contributed by atoms with E-state index in [-0.39, 0.29) is 87.0 Å². The van der Waals surface area contributed by atoms with Crippen molar-refractivity contribution >= 4 is 146 Å². The molecule has 2 aromatic heterocycles. The van der Waals surface area contributed by atoms with E-state index < -0.39 is 192 Å². The molecule has 660 valence electrons. The van der Waals surface area contributed by atoms with Crippen molar-refractivity contribution in [3.8, 4) is 5.75 Å². The van der Waals surface area contributed by atoms with E-state index in [2.05, 4.69) is 68.5 Å². The number of aromatic hydroxyl groups is 1. The summed E-state index contributed by atoms with van der Waals surface area (Å²) in [5.41, 5.74) is 16.4. The van der Waals surface area contributed by atoms with E-state index in [9.17, 15) is 72.9 Å². The van der Waals surface area contributed by atoms with Crippen molar-refractivity contribution in [2.24, 2.45) is 29.2 Å². The van der Waals surface area contributed by atoms with Gasteiger partial charge in [0, 0.05) is 89.4 Å². The molecule has 20 N–H and O–H groups in total. The number of nitrogens with zero attached hydrogens (tertiary/aromatic N) is 1. The Balaban J connectivity index is 1.05. The Bertz CT molecular complexity index is 4700. The van der Waals surface area contributed by atoms with Crippen LogP contribution in [0.25, 0.3) is 21.8 Å². The minimum atomic E-state index is -1.91. The number of rotatable bonds is 36. The monoisotopic (exact) mass is 1740 g/mol. The molecular formula is C85H114N16O18S3. The van der Waals surface area contributed by atoms with Crippen molar-refractivity contribution in [3.63, 3.8) is 0 Å². The van der Waals surface area contributed by atoms with Gasteiger partial charge >= 0.3 is 11.9 Å². The maximum atomic E-state index is 15.7. The lowest BCUT2D eigenvalue weighted by Crippen LogP contribution is -2.61. The minimum absolute atomic E-state index is 0.00497. The number of carbonyl (C=O) groups is 15. The first kappa shape index (κ1) is 96.3. The van der Waals surface area contributed by atoms with Gasteiger partial charge in [0.2, 0.25) is 76.8 Å². The molecule has 0 saturated carbocycles. The van der Waals surface area contributed by atoms with Crippen LogP contribution in [0, 0.1) is 17.8 Å². The lowest BCUT2D eigenvalue weighted by atomic mass is 9.96. The number of carboxylic acid groups (broad SMARTS) is 2. The molecule has 6 aromatic rings. The number of hydrogen-bond acceptors (Lipinski definition) is 20. The van der Waals surface area contributed by atoms with Crippen molar-refractivity contribution in [2.45, 2.75) is 216 Å². The molecule has 4 aromatic carbocycles. The average molecular weight is 1740 g/mol. The molecule has 0 unspecified atom stereocenters. The summed E-state index contributed by atoms with van der Waals surface area (Å²) >= 11 is 4.02. The summed E-state index contributed by atoms with van der Waals surface area (Å²) in [4.78, 5) is 221. The first-order valence-electron chi connectivity index (χ1n) is 40.8. The third-order valence-corrected chi connectivity index (χ3v) is 24.0. The third-order valence-electron chi connectivity index (χ3n) is 21.2. The number of aromatic amines is 2. The highest BCUT2D eigenvalue weighted by atomic mass is 32.2. The topological polar surface area (TPSA) is 536 Å². The van der Waals surface area contributed by atoms with Crippen molar-refractivity contribution in [2.75, 3.05) is 30.1 Å². The number of aliphatic carboxylic acids is 2. The molecule has 0 spiro atoms. The fourth-order valence-electron chi connectivity index (χ4n) is 14.3. The summed E-state index contributed by atoms with van der Waals surface area (Å²) < 4.78 is 0. The number of aromatic nitrogens is 2. The lowest BCUT2D eigenvalue weighted by molar-refractivity contribution is -0.143. The Labute approximate surface area is 720 Å². The number of amides is 13. The van der Waals surface area contributed by atoms with Crippen LogP contribution < -0.4 is 70.0 Å². The van der Waals surface area contributed by atoms with Crippen molar-refractivity contribution in [1.82, 2.24) is 73.4 Å². The van der Waals surface area contributed by atoms with Gasteiger partial charge in [0.15, 0.2) is 0 Å². The lowest BCUT2D eigenvalue weighted by Gasteiger charge is -2.31. The van der Waals surface area contributed by atoms with Crippen LogP contribution in [-0.4, -0.2) is 228 Å². The second kappa shape index (κ2) is 46.7. The maximum Gasteiger partial charge on any atom is 0.305 e. The highest BCUT2D eigenvalue weighted by molar-refractivity contribution is 7.99. The van der Waals surface area contributed by atoms with Gasteiger partial charge in [-0.1, -0.05) is 121 Å². The zero-order valence-corrected chi connectivity index (χ0v) is 72.1. The molecule has 0 aliphatic carbocycles. The number of phenolic OH excluding ortho intramolecular Hbond substituents is 1. The number of fused-ring (bicyclic) bond motifs is 4. The summed E-state index contributed by atoms with van der Waals surface area (Å²) in [6, 6.07) is 8.93. The van der Waals surface area contributed by atoms with E-state index >= 15 is 14.4 Å². The van der Waals surface area contributed by atoms with E-state index in [1.54, 1.807) is 81.7 Å². The molecule has 0 radical (unpaired) electrons. The number of thioether (sulfide) groups is 3. The fourth-order valence-corrected chi connectivity index (χ4v) is 16.8. The van der Waals surface area contributed by atoms with Gasteiger partial charge in [-0.25, -0.2) is 0 Å². The van der Waals surface area contributed by atoms with Crippen molar-refractivity contribution in [3.05, 3.63) is 137 Å². The van der Waals surface area contributed by atoms with E-state index in [0.29, 0.717) is 62.2 Å². The molecule has 37 heteroatoms. The second-order valence-electron chi connectivity index (χ2n) is 31.8. The van der Waals surface area contributed by atoms with E-state index in [1.807, 2.05) is 51.3 Å². The largest absolute Gasteiger partial charge is 0.508 e. The van der Waals surface area contributed by atoms with Crippen LogP contribution in [-0.2, 0) is 103 Å². The van der Waals surface area contributed by atoms with Crippen molar-refractivity contribution in [1.29, 1.82) is 0 Å². The summed E-state index contributed by atoms with van der Waals surface area (Å²) in [7, 11) is 0. The Morgan fingerprint density at radius 3 is 1.75 bits per heavy atom. The molecule has 4 heterocycles. The quantitative estimate of drug-likeness (QED) is 0.0269. The fraction of sp³-hybridized carbons (Fsp3) is 0.494.